The average molecular weight is 126 g/mol. The molecule has 8 heavy (non-hydrogen) atoms. The van der Waals surface area contributed by atoms with E-state index < -0.39 is 11.7 Å². The van der Waals surface area contributed by atoms with Gasteiger partial charge in [0, 0.05) is 11.4 Å². The molecular formula is C4H5F3O. The zero-order chi connectivity index (χ0) is 6.78. The van der Waals surface area contributed by atoms with Crippen molar-refractivity contribution in [2.75, 3.05) is 0 Å². The highest BCUT2D eigenvalue weighted by atomic mass is 19.3. The number of halogens is 3. The van der Waals surface area contributed by atoms with Gasteiger partial charge in [0.05, 0.1) is 0 Å². The number of alkyl halides is 2. The largest absolute Gasteiger partial charge is 0.305 e. The highest BCUT2D eigenvalue weighted by Crippen LogP contribution is 2.21. The molecule has 0 aliphatic rings. The molecule has 0 unspecified atom stereocenters. The van der Waals surface area contributed by atoms with Crippen LogP contribution >= 0.6 is 0 Å². The van der Waals surface area contributed by atoms with Crippen molar-refractivity contribution in [3.05, 3.63) is 12.3 Å². The average Bonchev–Trinajstić information content (AvgIpc) is 1.62. The molecule has 0 N–H and O–H groups in total. The van der Waals surface area contributed by atoms with Crippen molar-refractivity contribution in [1.29, 1.82) is 0 Å². The maximum atomic E-state index is 11.7. The second kappa shape index (κ2) is 2.07. The Morgan fingerprint density at radius 1 is 1.62 bits per heavy atom. The first kappa shape index (κ1) is 7.33. The van der Waals surface area contributed by atoms with Gasteiger partial charge in [0.2, 0.25) is 5.76 Å². The molecule has 0 bridgehead atoms. The molecule has 0 heterocycles. The van der Waals surface area contributed by atoms with E-state index in [1.54, 1.807) is 0 Å². The van der Waals surface area contributed by atoms with E-state index in [9.17, 15) is 13.3 Å². The number of hydrogen-bond acceptors (Lipinski definition) is 1. The molecule has 4 heteroatoms. The third-order valence-corrected chi connectivity index (χ3v) is 0.583. The highest BCUT2D eigenvalue weighted by molar-refractivity contribution is 4.94. The lowest BCUT2D eigenvalue weighted by Crippen LogP contribution is -2.12. The zero-order valence-electron chi connectivity index (χ0n) is 4.25. The minimum Gasteiger partial charge on any atom is -0.293 e. The summed E-state index contributed by atoms with van der Waals surface area (Å²) in [4.78, 5) is 2.67. The molecule has 0 rings (SSSR count). The van der Waals surface area contributed by atoms with Gasteiger partial charge in [0.15, 0.2) is 0 Å². The quantitative estimate of drug-likeness (QED) is 0.514. The predicted molar refractivity (Wildman–Crippen MR) is 22.0 cm³/mol. The molecule has 0 amide bonds. The smallest absolute Gasteiger partial charge is 0.293 e. The van der Waals surface area contributed by atoms with Crippen LogP contribution in [0, 0.1) is 0 Å². The van der Waals surface area contributed by atoms with E-state index in [1.807, 2.05) is 0 Å². The normalized spacial score (nSPS) is 11.0. The Morgan fingerprint density at radius 2 is 2.00 bits per heavy atom. The molecule has 0 saturated heterocycles. The maximum Gasteiger partial charge on any atom is 0.305 e. The van der Waals surface area contributed by atoms with Crippen LogP contribution < -0.4 is 0 Å². The number of allylic oxidation sites excluding steroid dienone is 1. The first-order valence-electron chi connectivity index (χ1n) is 1.84. The van der Waals surface area contributed by atoms with E-state index >= 15 is 0 Å². The van der Waals surface area contributed by atoms with Crippen LogP contribution in [0.15, 0.2) is 12.3 Å². The topological polar surface area (TPSA) is 9.23 Å². The van der Waals surface area contributed by atoms with Crippen LogP contribution in [0.4, 0.5) is 13.3 Å². The Bertz CT molecular complexity index is 93.9. The molecular weight excluding hydrogens is 121 g/mol. The van der Waals surface area contributed by atoms with Crippen LogP contribution in [0.3, 0.4) is 0 Å². The molecule has 0 aromatic rings. The fourth-order valence-electron chi connectivity index (χ4n) is 0.0677. The minimum absolute atomic E-state index is 0.495. The first-order chi connectivity index (χ1) is 3.48. The van der Waals surface area contributed by atoms with E-state index in [4.69, 9.17) is 0 Å². The SMILES string of the molecule is C=C(OF)C(C)(F)F. The van der Waals surface area contributed by atoms with Gasteiger partial charge in [-0.15, -0.1) is 0 Å². The summed E-state index contributed by atoms with van der Waals surface area (Å²) in [5.74, 6) is -4.45. The molecule has 0 aromatic heterocycles. The van der Waals surface area contributed by atoms with E-state index in [-0.39, 0.29) is 0 Å². The standard InChI is InChI=1S/C4H5F3O/c1-3(8-7)4(2,5)6/h1H2,2H3. The summed E-state index contributed by atoms with van der Waals surface area (Å²) >= 11 is 0. The van der Waals surface area contributed by atoms with Crippen molar-refractivity contribution >= 4 is 0 Å². The van der Waals surface area contributed by atoms with E-state index in [2.05, 4.69) is 11.5 Å². The van der Waals surface area contributed by atoms with Crippen LogP contribution in [-0.4, -0.2) is 5.92 Å². The molecule has 0 spiro atoms. The van der Waals surface area contributed by atoms with Crippen molar-refractivity contribution < 1.29 is 18.2 Å². The van der Waals surface area contributed by atoms with Crippen LogP contribution in [-0.2, 0) is 4.94 Å². The van der Waals surface area contributed by atoms with Gasteiger partial charge in [-0.05, 0) is 0 Å². The van der Waals surface area contributed by atoms with E-state index in [0.29, 0.717) is 6.92 Å². The van der Waals surface area contributed by atoms with Gasteiger partial charge in [0.1, 0.15) is 0 Å². The van der Waals surface area contributed by atoms with Gasteiger partial charge < -0.3 is 0 Å². The Kier molecular flexibility index (Phi) is 1.89. The fraction of sp³-hybridized carbons (Fsp3) is 0.500. The number of rotatable bonds is 2. The Hall–Kier alpha value is -0.670. The van der Waals surface area contributed by atoms with Gasteiger partial charge in [-0.2, -0.15) is 8.78 Å². The van der Waals surface area contributed by atoms with E-state index in [1.165, 1.54) is 0 Å². The second-order valence-corrected chi connectivity index (χ2v) is 1.39. The van der Waals surface area contributed by atoms with Gasteiger partial charge >= 0.3 is 5.92 Å². The number of hydrogen-bond donors (Lipinski definition) is 0. The van der Waals surface area contributed by atoms with Crippen molar-refractivity contribution in [2.24, 2.45) is 0 Å². The lowest BCUT2D eigenvalue weighted by Gasteiger charge is -2.06. The van der Waals surface area contributed by atoms with Crippen molar-refractivity contribution in [1.82, 2.24) is 0 Å². The highest BCUT2D eigenvalue weighted by Gasteiger charge is 2.28. The Morgan fingerprint density at radius 3 is 2.00 bits per heavy atom. The lowest BCUT2D eigenvalue weighted by molar-refractivity contribution is -0.137. The summed E-state index contributed by atoms with van der Waals surface area (Å²) in [6.07, 6.45) is 0. The molecule has 1 nitrogen and oxygen atoms in total. The zero-order valence-corrected chi connectivity index (χ0v) is 4.25. The molecule has 0 atom stereocenters. The Labute approximate surface area is 44.7 Å². The summed E-state index contributed by atoms with van der Waals surface area (Å²) in [7, 11) is 0. The Balaban J connectivity index is 3.82. The summed E-state index contributed by atoms with van der Waals surface area (Å²) < 4.78 is 34.1. The molecule has 48 valence electrons. The van der Waals surface area contributed by atoms with Crippen molar-refractivity contribution in [3.8, 4) is 0 Å². The maximum absolute atomic E-state index is 11.7. The van der Waals surface area contributed by atoms with Crippen LogP contribution in [0.2, 0.25) is 0 Å². The van der Waals surface area contributed by atoms with Crippen molar-refractivity contribution in [2.45, 2.75) is 12.8 Å². The van der Waals surface area contributed by atoms with Gasteiger partial charge in [-0.3, -0.25) is 4.94 Å². The summed E-state index contributed by atoms with van der Waals surface area (Å²) in [6, 6.07) is 0. The van der Waals surface area contributed by atoms with Gasteiger partial charge in [-0.1, -0.05) is 6.58 Å². The van der Waals surface area contributed by atoms with E-state index in [0.717, 1.165) is 0 Å². The van der Waals surface area contributed by atoms with Crippen LogP contribution in [0.1, 0.15) is 6.92 Å². The third kappa shape index (κ3) is 1.86. The molecule has 0 aliphatic heterocycles. The summed E-state index contributed by atoms with van der Waals surface area (Å²) in [5, 5.41) is 0. The first-order valence-corrected chi connectivity index (χ1v) is 1.84. The fourth-order valence-corrected chi connectivity index (χ4v) is 0.0677. The monoisotopic (exact) mass is 126 g/mol. The molecule has 0 radical (unpaired) electrons. The molecule has 0 aliphatic carbocycles. The second-order valence-electron chi connectivity index (χ2n) is 1.39. The van der Waals surface area contributed by atoms with Crippen LogP contribution in [0.5, 0.6) is 0 Å². The van der Waals surface area contributed by atoms with Crippen molar-refractivity contribution in [3.63, 3.8) is 0 Å². The lowest BCUT2D eigenvalue weighted by atomic mass is 10.3. The van der Waals surface area contributed by atoms with Crippen LogP contribution in [0.25, 0.3) is 0 Å². The third-order valence-electron chi connectivity index (χ3n) is 0.583. The summed E-state index contributed by atoms with van der Waals surface area (Å²) in [5.41, 5.74) is 0. The molecule has 0 fully saturated rings. The molecule has 0 saturated carbocycles. The summed E-state index contributed by atoms with van der Waals surface area (Å²) in [6.45, 7) is 3.09. The minimum atomic E-state index is -3.28. The molecule has 0 aromatic carbocycles. The van der Waals surface area contributed by atoms with Gasteiger partial charge in [0.25, 0.3) is 0 Å². The van der Waals surface area contributed by atoms with Gasteiger partial charge in [-0.25, -0.2) is 0 Å². The predicted octanol–water partition coefficient (Wildman–Crippen LogP) is 2.06.